The van der Waals surface area contributed by atoms with Gasteiger partial charge in [0.25, 0.3) is 0 Å². The first-order chi connectivity index (χ1) is 8.15. The van der Waals surface area contributed by atoms with E-state index in [1.807, 2.05) is 30.3 Å². The molecule has 1 unspecified atom stereocenters. The molecule has 17 heavy (non-hydrogen) atoms. The van der Waals surface area contributed by atoms with Crippen molar-refractivity contribution in [3.8, 4) is 0 Å². The van der Waals surface area contributed by atoms with Crippen LogP contribution in [0, 0.1) is 5.92 Å². The molecule has 0 radical (unpaired) electrons. The summed E-state index contributed by atoms with van der Waals surface area (Å²) in [7, 11) is 1.31. The molecule has 0 heterocycles. The molecule has 1 rings (SSSR count). The predicted octanol–water partition coefficient (Wildman–Crippen LogP) is 2.30. The van der Waals surface area contributed by atoms with Gasteiger partial charge in [0, 0.05) is 11.5 Å². The number of methoxy groups -OCH3 is 1. The second-order valence-corrected chi connectivity index (χ2v) is 4.72. The highest BCUT2D eigenvalue weighted by Crippen LogP contribution is 2.16. The predicted molar refractivity (Wildman–Crippen MR) is 68.8 cm³/mol. The van der Waals surface area contributed by atoms with E-state index < -0.39 is 11.9 Å². The highest BCUT2D eigenvalue weighted by molar-refractivity contribution is 7.98. The van der Waals surface area contributed by atoms with Crippen molar-refractivity contribution in [1.82, 2.24) is 0 Å². The lowest BCUT2D eigenvalue weighted by Gasteiger charge is -2.10. The molecule has 1 aromatic carbocycles. The van der Waals surface area contributed by atoms with Crippen LogP contribution >= 0.6 is 11.8 Å². The molecule has 0 saturated carbocycles. The van der Waals surface area contributed by atoms with Gasteiger partial charge in [0.05, 0.1) is 7.11 Å². The molecule has 0 aliphatic rings. The minimum Gasteiger partial charge on any atom is -0.468 e. The standard InChI is InChI=1S/C13H16O3S/c1-10(14)12(13(15)16-2)9-17-8-11-6-4-3-5-7-11/h3-7,12H,8-9H2,1-2H3. The van der Waals surface area contributed by atoms with Gasteiger partial charge in [-0.1, -0.05) is 30.3 Å². The van der Waals surface area contributed by atoms with Gasteiger partial charge in [0.2, 0.25) is 0 Å². The quantitative estimate of drug-likeness (QED) is 0.575. The number of esters is 1. The van der Waals surface area contributed by atoms with Crippen molar-refractivity contribution < 1.29 is 14.3 Å². The zero-order chi connectivity index (χ0) is 12.7. The third-order valence-electron chi connectivity index (χ3n) is 2.37. The summed E-state index contributed by atoms with van der Waals surface area (Å²) >= 11 is 1.56. The number of hydrogen-bond donors (Lipinski definition) is 0. The minimum absolute atomic E-state index is 0.141. The smallest absolute Gasteiger partial charge is 0.317 e. The van der Waals surface area contributed by atoms with E-state index in [0.717, 1.165) is 5.75 Å². The van der Waals surface area contributed by atoms with E-state index in [9.17, 15) is 9.59 Å². The fraction of sp³-hybridized carbons (Fsp3) is 0.385. The topological polar surface area (TPSA) is 43.4 Å². The number of thioether (sulfide) groups is 1. The third-order valence-corrected chi connectivity index (χ3v) is 3.48. The van der Waals surface area contributed by atoms with Crippen LogP contribution in [0.2, 0.25) is 0 Å². The maximum absolute atomic E-state index is 11.3. The summed E-state index contributed by atoms with van der Waals surface area (Å²) in [6, 6.07) is 9.94. The summed E-state index contributed by atoms with van der Waals surface area (Å²) in [4.78, 5) is 22.6. The van der Waals surface area contributed by atoms with Gasteiger partial charge in [-0.25, -0.2) is 0 Å². The minimum atomic E-state index is -0.645. The lowest BCUT2D eigenvalue weighted by Crippen LogP contribution is -2.25. The molecule has 3 nitrogen and oxygen atoms in total. The van der Waals surface area contributed by atoms with Crippen molar-refractivity contribution >= 4 is 23.5 Å². The number of benzene rings is 1. The van der Waals surface area contributed by atoms with Crippen LogP contribution in [-0.2, 0) is 20.1 Å². The highest BCUT2D eigenvalue weighted by Gasteiger charge is 2.23. The Kier molecular flexibility index (Phi) is 5.77. The van der Waals surface area contributed by atoms with Gasteiger partial charge in [0.1, 0.15) is 11.7 Å². The number of ketones is 1. The summed E-state index contributed by atoms with van der Waals surface area (Å²) < 4.78 is 4.60. The Morgan fingerprint density at radius 2 is 1.94 bits per heavy atom. The molecule has 92 valence electrons. The van der Waals surface area contributed by atoms with Crippen LogP contribution in [0.4, 0.5) is 0 Å². The molecule has 0 spiro atoms. The van der Waals surface area contributed by atoms with Crippen LogP contribution in [0.25, 0.3) is 0 Å². The van der Waals surface area contributed by atoms with E-state index in [2.05, 4.69) is 4.74 Å². The van der Waals surface area contributed by atoms with Crippen molar-refractivity contribution in [2.75, 3.05) is 12.9 Å². The first-order valence-corrected chi connectivity index (χ1v) is 6.50. The van der Waals surface area contributed by atoms with Gasteiger partial charge >= 0.3 is 5.97 Å². The van der Waals surface area contributed by atoms with Crippen LogP contribution in [0.15, 0.2) is 30.3 Å². The average molecular weight is 252 g/mol. The van der Waals surface area contributed by atoms with Gasteiger partial charge in [-0.2, -0.15) is 11.8 Å². The fourth-order valence-corrected chi connectivity index (χ4v) is 2.51. The lowest BCUT2D eigenvalue weighted by molar-refractivity contribution is -0.147. The molecule has 4 heteroatoms. The normalized spacial score (nSPS) is 11.9. The summed E-state index contributed by atoms with van der Waals surface area (Å²) in [5.41, 5.74) is 1.18. The van der Waals surface area contributed by atoms with Crippen LogP contribution in [-0.4, -0.2) is 24.6 Å². The average Bonchev–Trinajstić information content (AvgIpc) is 2.34. The highest BCUT2D eigenvalue weighted by atomic mass is 32.2. The second-order valence-electron chi connectivity index (χ2n) is 3.69. The summed E-state index contributed by atoms with van der Waals surface area (Å²) in [6.07, 6.45) is 0. The molecule has 0 aliphatic carbocycles. The number of ether oxygens (including phenoxy) is 1. The summed E-state index contributed by atoms with van der Waals surface area (Å²) in [6.45, 7) is 1.42. The SMILES string of the molecule is COC(=O)C(CSCc1ccccc1)C(C)=O. The van der Waals surface area contributed by atoms with Gasteiger partial charge < -0.3 is 4.74 Å². The van der Waals surface area contributed by atoms with E-state index in [0.29, 0.717) is 5.75 Å². The number of carbonyl (C=O) groups is 2. The first-order valence-electron chi connectivity index (χ1n) is 5.35. The van der Waals surface area contributed by atoms with Gasteiger partial charge in [-0.3, -0.25) is 9.59 Å². The zero-order valence-electron chi connectivity index (χ0n) is 10.0. The largest absolute Gasteiger partial charge is 0.468 e. The Bertz CT molecular complexity index is 376. The molecule has 0 N–H and O–H groups in total. The Morgan fingerprint density at radius 3 is 2.47 bits per heavy atom. The van der Waals surface area contributed by atoms with E-state index in [1.165, 1.54) is 19.6 Å². The van der Waals surface area contributed by atoms with Crippen molar-refractivity contribution in [3.05, 3.63) is 35.9 Å². The van der Waals surface area contributed by atoms with Crippen molar-refractivity contribution in [2.24, 2.45) is 5.92 Å². The number of carbonyl (C=O) groups excluding carboxylic acids is 2. The van der Waals surface area contributed by atoms with Gasteiger partial charge in [-0.05, 0) is 12.5 Å². The van der Waals surface area contributed by atoms with Crippen LogP contribution < -0.4 is 0 Å². The molecular weight excluding hydrogens is 236 g/mol. The van der Waals surface area contributed by atoms with E-state index >= 15 is 0 Å². The molecule has 1 aromatic rings. The van der Waals surface area contributed by atoms with Crippen LogP contribution in [0.5, 0.6) is 0 Å². The van der Waals surface area contributed by atoms with E-state index in [-0.39, 0.29) is 5.78 Å². The van der Waals surface area contributed by atoms with Gasteiger partial charge in [-0.15, -0.1) is 0 Å². The van der Waals surface area contributed by atoms with Gasteiger partial charge in [0.15, 0.2) is 0 Å². The number of rotatable bonds is 6. The summed E-state index contributed by atoms with van der Waals surface area (Å²) in [5, 5.41) is 0. The maximum Gasteiger partial charge on any atom is 0.317 e. The first kappa shape index (κ1) is 13.8. The molecule has 0 aliphatic heterocycles. The molecule has 0 aromatic heterocycles. The van der Waals surface area contributed by atoms with E-state index in [4.69, 9.17) is 0 Å². The Labute approximate surface area is 106 Å². The number of hydrogen-bond acceptors (Lipinski definition) is 4. The van der Waals surface area contributed by atoms with Crippen molar-refractivity contribution in [3.63, 3.8) is 0 Å². The Balaban J connectivity index is 2.43. The Morgan fingerprint density at radius 1 is 1.29 bits per heavy atom. The molecule has 0 bridgehead atoms. The maximum atomic E-state index is 11.3. The molecule has 1 atom stereocenters. The monoisotopic (exact) mass is 252 g/mol. The third kappa shape index (κ3) is 4.61. The van der Waals surface area contributed by atoms with Crippen LogP contribution in [0.3, 0.4) is 0 Å². The van der Waals surface area contributed by atoms with Crippen LogP contribution in [0.1, 0.15) is 12.5 Å². The molecular formula is C13H16O3S. The lowest BCUT2D eigenvalue weighted by atomic mass is 10.1. The molecule has 0 amide bonds. The van der Waals surface area contributed by atoms with Crippen molar-refractivity contribution in [2.45, 2.75) is 12.7 Å². The fourth-order valence-electron chi connectivity index (χ4n) is 1.36. The molecule has 0 saturated heterocycles. The van der Waals surface area contributed by atoms with E-state index in [1.54, 1.807) is 11.8 Å². The number of Topliss-reactive ketones (excluding diaryl/α,β-unsaturated/α-hetero) is 1. The molecule has 0 fully saturated rings. The van der Waals surface area contributed by atoms with Crippen molar-refractivity contribution in [1.29, 1.82) is 0 Å². The Hall–Kier alpha value is -1.29. The second kappa shape index (κ2) is 7.12. The summed E-state index contributed by atoms with van der Waals surface area (Å²) in [5.74, 6) is 0.0302. The zero-order valence-corrected chi connectivity index (χ0v) is 10.8.